The molecule has 2 aromatic carbocycles. The lowest BCUT2D eigenvalue weighted by atomic mass is 10.0. The highest BCUT2D eigenvalue weighted by molar-refractivity contribution is 5.95. The number of benzene rings is 2. The maximum atomic E-state index is 13.1. The second-order valence-corrected chi connectivity index (χ2v) is 7.33. The first kappa shape index (κ1) is 18.4. The van der Waals surface area contributed by atoms with Crippen molar-refractivity contribution in [1.82, 2.24) is 15.2 Å². The Morgan fingerprint density at radius 1 is 1.18 bits per heavy atom. The Kier molecular flexibility index (Phi) is 4.96. The summed E-state index contributed by atoms with van der Waals surface area (Å²) >= 11 is 0. The van der Waals surface area contributed by atoms with Crippen molar-refractivity contribution in [2.45, 2.75) is 19.4 Å². The molecule has 1 aliphatic heterocycles. The van der Waals surface area contributed by atoms with Gasteiger partial charge in [0.1, 0.15) is 11.5 Å². The quantitative estimate of drug-likeness (QED) is 0.735. The number of fused-ring (bicyclic) bond motifs is 1. The van der Waals surface area contributed by atoms with Crippen LogP contribution >= 0.6 is 0 Å². The molecule has 1 amide bonds. The van der Waals surface area contributed by atoms with E-state index < -0.39 is 0 Å². The SMILES string of the molecule is Cc1ccc2[nH]c(C(=O)N3CCNC(Cc4ccc(F)cc4)C3)cc(=O)c2c1. The van der Waals surface area contributed by atoms with Crippen molar-refractivity contribution in [2.75, 3.05) is 19.6 Å². The predicted molar refractivity (Wildman–Crippen MR) is 107 cm³/mol. The number of rotatable bonds is 3. The molecule has 6 heteroatoms. The van der Waals surface area contributed by atoms with E-state index in [0.29, 0.717) is 42.7 Å². The van der Waals surface area contributed by atoms with Gasteiger partial charge in [-0.05, 0) is 43.2 Å². The second-order valence-electron chi connectivity index (χ2n) is 7.33. The molecule has 1 aliphatic rings. The summed E-state index contributed by atoms with van der Waals surface area (Å²) in [5, 5.41) is 4.00. The van der Waals surface area contributed by atoms with Gasteiger partial charge in [0.05, 0.1) is 0 Å². The summed E-state index contributed by atoms with van der Waals surface area (Å²) in [7, 11) is 0. The second kappa shape index (κ2) is 7.56. The van der Waals surface area contributed by atoms with Gasteiger partial charge in [-0.15, -0.1) is 0 Å². The van der Waals surface area contributed by atoms with E-state index in [-0.39, 0.29) is 23.2 Å². The Balaban J connectivity index is 1.52. The number of H-pyrrole nitrogens is 1. The number of aryl methyl sites for hydroxylation is 1. The molecular formula is C22H22FN3O2. The van der Waals surface area contributed by atoms with Gasteiger partial charge in [0.2, 0.25) is 0 Å². The van der Waals surface area contributed by atoms with Crippen LogP contribution in [0.4, 0.5) is 4.39 Å². The number of nitrogens with zero attached hydrogens (tertiary/aromatic N) is 1. The molecule has 1 atom stereocenters. The Morgan fingerprint density at radius 2 is 1.96 bits per heavy atom. The standard InChI is InChI=1S/C22H22FN3O2/c1-14-2-7-19-18(10-14)21(27)12-20(25-19)22(28)26-9-8-24-17(13-26)11-15-3-5-16(23)6-4-15/h2-7,10,12,17,24H,8-9,11,13H2,1H3,(H,25,27). The molecule has 0 bridgehead atoms. The molecule has 0 aliphatic carbocycles. The minimum atomic E-state index is -0.257. The van der Waals surface area contributed by atoms with Crippen molar-refractivity contribution in [3.8, 4) is 0 Å². The molecule has 2 heterocycles. The van der Waals surface area contributed by atoms with Crippen molar-refractivity contribution in [2.24, 2.45) is 0 Å². The fraction of sp³-hybridized carbons (Fsp3) is 0.273. The van der Waals surface area contributed by atoms with Gasteiger partial charge in [-0.2, -0.15) is 0 Å². The third kappa shape index (κ3) is 3.82. The normalized spacial score (nSPS) is 17.1. The zero-order valence-electron chi connectivity index (χ0n) is 15.7. The summed E-state index contributed by atoms with van der Waals surface area (Å²) < 4.78 is 13.1. The largest absolute Gasteiger partial charge is 0.350 e. The molecule has 28 heavy (non-hydrogen) atoms. The average Bonchev–Trinajstić information content (AvgIpc) is 2.70. The summed E-state index contributed by atoms with van der Waals surface area (Å²) in [6.07, 6.45) is 0.706. The van der Waals surface area contributed by atoms with E-state index in [2.05, 4.69) is 10.3 Å². The van der Waals surface area contributed by atoms with Crippen LogP contribution in [-0.2, 0) is 6.42 Å². The molecule has 1 aromatic heterocycles. The van der Waals surface area contributed by atoms with E-state index in [4.69, 9.17) is 0 Å². The van der Waals surface area contributed by atoms with Crippen molar-refractivity contribution in [1.29, 1.82) is 0 Å². The van der Waals surface area contributed by atoms with Gasteiger partial charge in [-0.25, -0.2) is 4.39 Å². The number of pyridine rings is 1. The average molecular weight is 379 g/mol. The van der Waals surface area contributed by atoms with Crippen LogP contribution in [0, 0.1) is 12.7 Å². The highest BCUT2D eigenvalue weighted by Gasteiger charge is 2.25. The number of carbonyl (C=O) groups is 1. The maximum Gasteiger partial charge on any atom is 0.270 e. The van der Waals surface area contributed by atoms with Crippen LogP contribution in [0.2, 0.25) is 0 Å². The predicted octanol–water partition coefficient (Wildman–Crippen LogP) is 2.63. The van der Waals surface area contributed by atoms with Crippen LogP contribution in [0.1, 0.15) is 21.6 Å². The molecular weight excluding hydrogens is 357 g/mol. The van der Waals surface area contributed by atoms with E-state index in [1.54, 1.807) is 17.0 Å². The molecule has 1 unspecified atom stereocenters. The Labute approximate surface area is 162 Å². The number of aromatic amines is 1. The van der Waals surface area contributed by atoms with E-state index in [1.807, 2.05) is 25.1 Å². The summed E-state index contributed by atoms with van der Waals surface area (Å²) in [5.74, 6) is -0.433. The molecule has 1 fully saturated rings. The monoisotopic (exact) mass is 379 g/mol. The fourth-order valence-electron chi connectivity index (χ4n) is 3.70. The van der Waals surface area contributed by atoms with Crippen LogP contribution < -0.4 is 10.7 Å². The zero-order chi connectivity index (χ0) is 19.7. The third-order valence-electron chi connectivity index (χ3n) is 5.15. The number of halogens is 1. The topological polar surface area (TPSA) is 65.2 Å². The third-order valence-corrected chi connectivity index (χ3v) is 5.15. The number of hydrogen-bond donors (Lipinski definition) is 2. The fourth-order valence-corrected chi connectivity index (χ4v) is 3.70. The first-order chi connectivity index (χ1) is 13.5. The maximum absolute atomic E-state index is 13.1. The van der Waals surface area contributed by atoms with Crippen LogP contribution in [-0.4, -0.2) is 41.5 Å². The van der Waals surface area contributed by atoms with Crippen molar-refractivity contribution < 1.29 is 9.18 Å². The minimum absolute atomic E-state index is 0.0815. The Hall–Kier alpha value is -2.99. The number of piperazine rings is 1. The summed E-state index contributed by atoms with van der Waals surface area (Å²) in [6.45, 7) is 3.71. The van der Waals surface area contributed by atoms with Crippen LogP contribution in [0.25, 0.3) is 10.9 Å². The van der Waals surface area contributed by atoms with E-state index in [0.717, 1.165) is 11.1 Å². The number of nitrogens with one attached hydrogen (secondary N) is 2. The number of hydrogen-bond acceptors (Lipinski definition) is 3. The minimum Gasteiger partial charge on any atom is -0.350 e. The first-order valence-corrected chi connectivity index (χ1v) is 9.40. The molecule has 3 aromatic rings. The Bertz CT molecular complexity index is 1080. The van der Waals surface area contributed by atoms with Crippen LogP contribution in [0.3, 0.4) is 0 Å². The van der Waals surface area contributed by atoms with Crippen LogP contribution in [0.15, 0.2) is 53.3 Å². The molecule has 5 nitrogen and oxygen atoms in total. The Morgan fingerprint density at radius 3 is 2.75 bits per heavy atom. The van der Waals surface area contributed by atoms with Gasteiger partial charge >= 0.3 is 0 Å². The van der Waals surface area contributed by atoms with E-state index in [9.17, 15) is 14.0 Å². The molecule has 2 N–H and O–H groups in total. The summed E-state index contributed by atoms with van der Waals surface area (Å²) in [6, 6.07) is 13.5. The van der Waals surface area contributed by atoms with Gasteiger partial charge in [-0.3, -0.25) is 9.59 Å². The highest BCUT2D eigenvalue weighted by atomic mass is 19.1. The van der Waals surface area contributed by atoms with Crippen LogP contribution in [0.5, 0.6) is 0 Å². The van der Waals surface area contributed by atoms with E-state index >= 15 is 0 Å². The lowest BCUT2D eigenvalue weighted by molar-refractivity contribution is 0.0697. The van der Waals surface area contributed by atoms with E-state index in [1.165, 1.54) is 18.2 Å². The van der Waals surface area contributed by atoms with Crippen molar-refractivity contribution in [3.05, 3.63) is 81.4 Å². The number of carbonyl (C=O) groups excluding carboxylic acids is 1. The number of aromatic nitrogens is 1. The molecule has 0 saturated carbocycles. The van der Waals surface area contributed by atoms with Gasteiger partial charge in [0.25, 0.3) is 5.91 Å². The van der Waals surface area contributed by atoms with Gasteiger partial charge in [0.15, 0.2) is 5.43 Å². The van der Waals surface area contributed by atoms with Crippen molar-refractivity contribution in [3.63, 3.8) is 0 Å². The number of amides is 1. The molecule has 4 rings (SSSR count). The molecule has 1 saturated heterocycles. The van der Waals surface area contributed by atoms with Gasteiger partial charge < -0.3 is 15.2 Å². The summed E-state index contributed by atoms with van der Waals surface area (Å²) in [5.41, 5.74) is 2.84. The first-order valence-electron chi connectivity index (χ1n) is 9.40. The zero-order valence-corrected chi connectivity index (χ0v) is 15.7. The summed E-state index contributed by atoms with van der Waals surface area (Å²) in [4.78, 5) is 30.3. The van der Waals surface area contributed by atoms with Crippen molar-refractivity contribution >= 4 is 16.8 Å². The molecule has 0 spiro atoms. The van der Waals surface area contributed by atoms with Gasteiger partial charge in [-0.1, -0.05) is 23.8 Å². The lowest BCUT2D eigenvalue weighted by Crippen LogP contribution is -2.53. The molecule has 144 valence electrons. The highest BCUT2D eigenvalue weighted by Crippen LogP contribution is 2.14. The van der Waals surface area contributed by atoms with Gasteiger partial charge in [0, 0.05) is 42.6 Å². The smallest absolute Gasteiger partial charge is 0.270 e. The lowest BCUT2D eigenvalue weighted by Gasteiger charge is -2.33. The molecule has 0 radical (unpaired) electrons.